The Bertz CT molecular complexity index is 1960. The summed E-state index contributed by atoms with van der Waals surface area (Å²) in [5.74, 6) is -0.559. The molecule has 1 aromatic heterocycles. The highest BCUT2D eigenvalue weighted by Gasteiger charge is 2.26. The Hall–Kier alpha value is -4.76. The Morgan fingerprint density at radius 2 is 1.67 bits per heavy atom. The molecule has 7 nitrogen and oxygen atoms in total. The van der Waals surface area contributed by atoms with Gasteiger partial charge in [-0.1, -0.05) is 42.5 Å². The number of nitrogens with zero attached hydrogens (tertiary/aromatic N) is 2. The van der Waals surface area contributed by atoms with Gasteiger partial charge in [-0.3, -0.25) is 14.1 Å². The topological polar surface area (TPSA) is 92.0 Å². The van der Waals surface area contributed by atoms with Crippen LogP contribution < -0.4 is 9.62 Å². The van der Waals surface area contributed by atoms with Gasteiger partial charge in [0.05, 0.1) is 23.2 Å². The molecule has 0 saturated carbocycles. The van der Waals surface area contributed by atoms with Crippen LogP contribution in [-0.4, -0.2) is 47.4 Å². The lowest BCUT2D eigenvalue weighted by molar-refractivity contribution is 0.0964. The first-order chi connectivity index (χ1) is 20.0. The number of aliphatic imine (C=N–C) groups is 1. The van der Waals surface area contributed by atoms with Crippen molar-refractivity contribution in [1.82, 2.24) is 5.32 Å². The van der Waals surface area contributed by atoms with E-state index in [1.807, 2.05) is 55.5 Å². The summed E-state index contributed by atoms with van der Waals surface area (Å²) in [4.78, 5) is 17.8. The van der Waals surface area contributed by atoms with Crippen molar-refractivity contribution in [1.29, 1.82) is 0 Å². The smallest absolute Gasteiger partial charge is 0.255 e. The third kappa shape index (κ3) is 5.31. The number of hydrogen-bond donors (Lipinski definition) is 1. The zero-order chi connectivity index (χ0) is 30.2. The summed E-state index contributed by atoms with van der Waals surface area (Å²) in [6, 6.07) is 24.7. The van der Waals surface area contributed by atoms with E-state index in [1.165, 1.54) is 42.7 Å². The maximum Gasteiger partial charge on any atom is 0.255 e. The molecule has 0 bridgehead atoms. The Morgan fingerprint density at radius 3 is 2.31 bits per heavy atom. The van der Waals surface area contributed by atoms with Crippen molar-refractivity contribution in [3.63, 3.8) is 0 Å². The summed E-state index contributed by atoms with van der Waals surface area (Å²) in [5, 5.41) is 3.15. The van der Waals surface area contributed by atoms with E-state index in [-0.39, 0.29) is 11.3 Å². The molecule has 1 N–H and O–H groups in total. The first-order valence-corrected chi connectivity index (χ1v) is 15.0. The number of carbonyl (C=O) groups excluding carboxylic acids is 1. The number of nitrogens with one attached hydrogen (secondary N) is 1. The van der Waals surface area contributed by atoms with Crippen molar-refractivity contribution in [2.75, 3.05) is 31.7 Å². The maximum absolute atomic E-state index is 13.7. The molecule has 0 atom stereocenters. The molecule has 4 aromatic carbocycles. The van der Waals surface area contributed by atoms with Crippen LogP contribution in [0.1, 0.15) is 27.0 Å². The lowest BCUT2D eigenvalue weighted by Crippen LogP contribution is -2.25. The molecule has 5 rings (SSSR count). The van der Waals surface area contributed by atoms with Crippen molar-refractivity contribution >= 4 is 38.3 Å². The average Bonchev–Trinajstić information content (AvgIpc) is 3.35. The van der Waals surface area contributed by atoms with Gasteiger partial charge < -0.3 is 9.73 Å². The van der Waals surface area contributed by atoms with Crippen LogP contribution in [0, 0.1) is 12.7 Å². The second kappa shape index (κ2) is 11.3. The van der Waals surface area contributed by atoms with E-state index in [9.17, 15) is 17.6 Å². The van der Waals surface area contributed by atoms with Gasteiger partial charge in [-0.15, -0.1) is 0 Å². The minimum atomic E-state index is -3.67. The van der Waals surface area contributed by atoms with Gasteiger partial charge in [0.1, 0.15) is 17.2 Å². The Morgan fingerprint density at radius 1 is 0.952 bits per heavy atom. The van der Waals surface area contributed by atoms with E-state index in [4.69, 9.17) is 4.42 Å². The number of benzene rings is 4. The number of anilines is 1. The Balaban J connectivity index is 1.79. The van der Waals surface area contributed by atoms with Gasteiger partial charge in [0, 0.05) is 54.8 Å². The molecule has 0 radical (unpaired) electrons. The average molecular weight is 584 g/mol. The highest BCUT2D eigenvalue weighted by molar-refractivity contribution is 7.92. The maximum atomic E-state index is 13.7. The molecule has 0 aliphatic heterocycles. The van der Waals surface area contributed by atoms with Crippen molar-refractivity contribution in [3.8, 4) is 22.5 Å². The summed E-state index contributed by atoms with van der Waals surface area (Å²) in [6.07, 6.45) is 1.12. The van der Waals surface area contributed by atoms with E-state index in [2.05, 4.69) is 10.3 Å². The van der Waals surface area contributed by atoms with Gasteiger partial charge in [-0.05, 0) is 54.4 Å². The number of sulfonamides is 1. The number of fused-ring (bicyclic) bond motifs is 1. The fourth-order valence-electron chi connectivity index (χ4n) is 5.04. The first kappa shape index (κ1) is 28.8. The molecule has 0 fully saturated rings. The number of halogens is 1. The molecular formula is C33H30FN3O4S. The molecule has 42 heavy (non-hydrogen) atoms. The van der Waals surface area contributed by atoms with Crippen LogP contribution in [-0.2, 0) is 10.0 Å². The van der Waals surface area contributed by atoms with E-state index in [1.54, 1.807) is 19.2 Å². The van der Waals surface area contributed by atoms with Gasteiger partial charge in [-0.25, -0.2) is 12.8 Å². The van der Waals surface area contributed by atoms with Crippen LogP contribution in [0.15, 0.2) is 94.3 Å². The van der Waals surface area contributed by atoms with E-state index in [0.29, 0.717) is 27.8 Å². The molecule has 0 aliphatic carbocycles. The van der Waals surface area contributed by atoms with Gasteiger partial charge in [0.25, 0.3) is 5.91 Å². The van der Waals surface area contributed by atoms with E-state index < -0.39 is 21.7 Å². The van der Waals surface area contributed by atoms with Gasteiger partial charge >= 0.3 is 0 Å². The summed E-state index contributed by atoms with van der Waals surface area (Å²) >= 11 is 0. The van der Waals surface area contributed by atoms with Gasteiger partial charge in [0.2, 0.25) is 10.0 Å². The minimum absolute atomic E-state index is 0.253. The predicted molar refractivity (Wildman–Crippen MR) is 166 cm³/mol. The number of carbonyl (C=O) groups is 1. The monoisotopic (exact) mass is 583 g/mol. The first-order valence-electron chi connectivity index (χ1n) is 13.2. The molecule has 5 aromatic rings. The molecule has 1 heterocycles. The SMILES string of the molecule is CN=C(c1cccc(-c2cc3c(C(=O)NC)c(-c4ccc(F)cc4)oc3cc2N(C)S(C)(=O)=O)c1)c1ccccc1C. The lowest BCUT2D eigenvalue weighted by atomic mass is 9.93. The van der Waals surface area contributed by atoms with Crippen molar-refractivity contribution in [3.05, 3.63) is 113 Å². The fraction of sp³-hybridized carbons (Fsp3) is 0.152. The molecule has 0 unspecified atom stereocenters. The van der Waals surface area contributed by atoms with Crippen LogP contribution in [0.25, 0.3) is 33.4 Å². The molecule has 9 heteroatoms. The number of amides is 1. The molecule has 0 spiro atoms. The standard InChI is InChI=1S/C33H30FN3O4S/c1-20-9-6-7-12-25(20)31(35-2)23-11-8-10-22(17-23)26-18-27-29(19-28(26)37(4)42(5,39)40)41-32(30(27)33(38)36-3)21-13-15-24(34)16-14-21/h6-19H,1-5H3,(H,36,38). The zero-order valence-corrected chi connectivity index (χ0v) is 24.7. The van der Waals surface area contributed by atoms with Crippen molar-refractivity contribution in [2.24, 2.45) is 4.99 Å². The molecule has 0 saturated heterocycles. The molecule has 1 amide bonds. The summed E-state index contributed by atoms with van der Waals surface area (Å²) in [7, 11) is 1.06. The Kier molecular flexibility index (Phi) is 7.71. The van der Waals surface area contributed by atoms with Gasteiger partial charge in [-0.2, -0.15) is 0 Å². The zero-order valence-electron chi connectivity index (χ0n) is 23.9. The van der Waals surface area contributed by atoms with E-state index in [0.717, 1.165) is 34.2 Å². The highest BCUT2D eigenvalue weighted by atomic mass is 32.2. The van der Waals surface area contributed by atoms with Gasteiger partial charge in [0.15, 0.2) is 0 Å². The summed E-state index contributed by atoms with van der Waals surface area (Å²) in [5.41, 5.74) is 6.47. The predicted octanol–water partition coefficient (Wildman–Crippen LogP) is 6.44. The summed E-state index contributed by atoms with van der Waals surface area (Å²) < 4.78 is 46.5. The normalized spacial score (nSPS) is 12.0. The number of hydrogen-bond acceptors (Lipinski definition) is 5. The molecular weight excluding hydrogens is 553 g/mol. The third-order valence-electron chi connectivity index (χ3n) is 7.27. The molecule has 0 aliphatic rings. The quantitative estimate of drug-likeness (QED) is 0.223. The van der Waals surface area contributed by atoms with Crippen LogP contribution in [0.4, 0.5) is 10.1 Å². The second-order valence-electron chi connectivity index (χ2n) is 9.96. The molecule has 214 valence electrons. The minimum Gasteiger partial charge on any atom is -0.455 e. The largest absolute Gasteiger partial charge is 0.455 e. The number of furan rings is 1. The fourth-order valence-corrected chi connectivity index (χ4v) is 5.54. The third-order valence-corrected chi connectivity index (χ3v) is 8.47. The van der Waals surface area contributed by atoms with Crippen LogP contribution in [0.3, 0.4) is 0 Å². The number of aryl methyl sites for hydroxylation is 1. The number of rotatable bonds is 7. The summed E-state index contributed by atoms with van der Waals surface area (Å²) in [6.45, 7) is 2.02. The van der Waals surface area contributed by atoms with Crippen LogP contribution >= 0.6 is 0 Å². The second-order valence-corrected chi connectivity index (χ2v) is 12.0. The van der Waals surface area contributed by atoms with Crippen LogP contribution in [0.2, 0.25) is 0 Å². The van der Waals surface area contributed by atoms with Crippen LogP contribution in [0.5, 0.6) is 0 Å². The van der Waals surface area contributed by atoms with Crippen molar-refractivity contribution in [2.45, 2.75) is 6.92 Å². The lowest BCUT2D eigenvalue weighted by Gasteiger charge is -2.21. The Labute approximate surface area is 244 Å². The van der Waals surface area contributed by atoms with E-state index >= 15 is 0 Å². The van der Waals surface area contributed by atoms with Crippen molar-refractivity contribution < 1.29 is 22.0 Å². The highest BCUT2D eigenvalue weighted by Crippen LogP contribution is 2.41.